The van der Waals surface area contributed by atoms with Crippen LogP contribution in [0.2, 0.25) is 0 Å². The van der Waals surface area contributed by atoms with Crippen molar-refractivity contribution < 1.29 is 5.11 Å². The minimum Gasteiger partial charge on any atom is -0.399 e. The summed E-state index contributed by atoms with van der Waals surface area (Å²) in [5, 5.41) is 12.4. The molecule has 3 heteroatoms. The zero-order valence-electron chi connectivity index (χ0n) is 9.03. The molecule has 1 aliphatic rings. The van der Waals surface area contributed by atoms with Crippen LogP contribution in [-0.2, 0) is 6.42 Å². The lowest BCUT2D eigenvalue weighted by Crippen LogP contribution is -2.32. The van der Waals surface area contributed by atoms with E-state index < -0.39 is 0 Å². The number of nitrogens with one attached hydrogen (secondary N) is 1. The van der Waals surface area contributed by atoms with Crippen LogP contribution in [0.25, 0.3) is 0 Å². The lowest BCUT2D eigenvalue weighted by molar-refractivity contribution is 0.240. The number of nitrogen functional groups attached to an aromatic ring is 1. The molecule has 3 nitrogen and oxygen atoms in total. The molecule has 2 rings (SSSR count). The van der Waals surface area contributed by atoms with Gasteiger partial charge in [0.25, 0.3) is 0 Å². The molecule has 82 valence electrons. The maximum absolute atomic E-state index is 9.00. The highest BCUT2D eigenvalue weighted by Gasteiger charge is 2.23. The molecule has 0 amide bonds. The molecule has 1 aromatic rings. The van der Waals surface area contributed by atoms with Crippen molar-refractivity contribution >= 4 is 5.69 Å². The average Bonchev–Trinajstić information content (AvgIpc) is 2.60. The molecule has 0 spiro atoms. The first-order valence-corrected chi connectivity index (χ1v) is 5.46. The van der Waals surface area contributed by atoms with Gasteiger partial charge in [0.05, 0.1) is 6.61 Å². The molecular weight excluding hydrogens is 188 g/mol. The molecule has 2 atom stereocenters. The summed E-state index contributed by atoms with van der Waals surface area (Å²) < 4.78 is 0. The van der Waals surface area contributed by atoms with Crippen molar-refractivity contribution in [2.45, 2.75) is 31.8 Å². The monoisotopic (exact) mass is 206 g/mol. The van der Waals surface area contributed by atoms with Gasteiger partial charge < -0.3 is 16.2 Å². The number of aryl methyl sites for hydroxylation is 1. The molecule has 0 saturated carbocycles. The molecule has 0 bridgehead atoms. The van der Waals surface area contributed by atoms with Gasteiger partial charge in [-0.05, 0) is 43.0 Å². The fourth-order valence-corrected chi connectivity index (χ4v) is 2.21. The highest BCUT2D eigenvalue weighted by Crippen LogP contribution is 2.32. The van der Waals surface area contributed by atoms with Gasteiger partial charge in [-0.25, -0.2) is 0 Å². The van der Waals surface area contributed by atoms with Crippen LogP contribution < -0.4 is 11.1 Å². The quantitative estimate of drug-likeness (QED) is 0.652. The van der Waals surface area contributed by atoms with E-state index in [0.29, 0.717) is 6.04 Å². The Morgan fingerprint density at radius 3 is 3.13 bits per heavy atom. The van der Waals surface area contributed by atoms with Crippen molar-refractivity contribution in [2.75, 3.05) is 12.3 Å². The van der Waals surface area contributed by atoms with Gasteiger partial charge in [0.1, 0.15) is 0 Å². The van der Waals surface area contributed by atoms with Crippen LogP contribution >= 0.6 is 0 Å². The third kappa shape index (κ3) is 2.13. The Hall–Kier alpha value is -1.06. The molecule has 1 aromatic carbocycles. The summed E-state index contributed by atoms with van der Waals surface area (Å²) in [5.74, 6) is 0. The molecule has 0 radical (unpaired) electrons. The molecule has 15 heavy (non-hydrogen) atoms. The van der Waals surface area contributed by atoms with Gasteiger partial charge in [-0.3, -0.25) is 0 Å². The van der Waals surface area contributed by atoms with Gasteiger partial charge in [0, 0.05) is 17.8 Å². The van der Waals surface area contributed by atoms with Crippen LogP contribution in [0.5, 0.6) is 0 Å². The highest BCUT2D eigenvalue weighted by atomic mass is 16.3. The number of rotatable bonds is 3. The van der Waals surface area contributed by atoms with E-state index in [1.165, 1.54) is 11.1 Å². The number of aliphatic hydroxyl groups excluding tert-OH is 1. The second-order valence-corrected chi connectivity index (χ2v) is 4.30. The van der Waals surface area contributed by atoms with Crippen molar-refractivity contribution in [3.05, 3.63) is 29.3 Å². The minimum atomic E-state index is 0.151. The summed E-state index contributed by atoms with van der Waals surface area (Å²) in [6.07, 6.45) is 2.18. The zero-order valence-corrected chi connectivity index (χ0v) is 9.03. The Kier molecular flexibility index (Phi) is 2.93. The Balaban J connectivity index is 2.14. The summed E-state index contributed by atoms with van der Waals surface area (Å²) >= 11 is 0. The maximum Gasteiger partial charge on any atom is 0.0582 e. The summed E-state index contributed by atoms with van der Waals surface area (Å²) in [7, 11) is 0. The SMILES string of the molecule is C[C@H](CO)NC1CCc2cc(N)ccc21. The number of aliphatic hydroxyl groups is 1. The first kappa shape index (κ1) is 10.5. The topological polar surface area (TPSA) is 58.3 Å². The lowest BCUT2D eigenvalue weighted by Gasteiger charge is -2.18. The number of fused-ring (bicyclic) bond motifs is 1. The lowest BCUT2D eigenvalue weighted by atomic mass is 10.1. The fraction of sp³-hybridized carbons (Fsp3) is 0.500. The fourth-order valence-electron chi connectivity index (χ4n) is 2.21. The summed E-state index contributed by atoms with van der Waals surface area (Å²) in [6, 6.07) is 6.63. The van der Waals surface area contributed by atoms with Gasteiger partial charge >= 0.3 is 0 Å². The molecular formula is C12H18N2O. The highest BCUT2D eigenvalue weighted by molar-refractivity contribution is 5.47. The van der Waals surface area contributed by atoms with Crippen LogP contribution in [0.1, 0.15) is 30.5 Å². The van der Waals surface area contributed by atoms with Crippen molar-refractivity contribution in [2.24, 2.45) is 0 Å². The molecule has 0 aliphatic heterocycles. The maximum atomic E-state index is 9.00. The van der Waals surface area contributed by atoms with Gasteiger partial charge in [0.2, 0.25) is 0 Å². The molecule has 0 fully saturated rings. The number of hydrogen-bond donors (Lipinski definition) is 3. The smallest absolute Gasteiger partial charge is 0.0582 e. The molecule has 1 unspecified atom stereocenters. The van der Waals surface area contributed by atoms with E-state index in [2.05, 4.69) is 17.4 Å². The average molecular weight is 206 g/mol. The van der Waals surface area contributed by atoms with E-state index >= 15 is 0 Å². The number of anilines is 1. The Morgan fingerprint density at radius 1 is 1.60 bits per heavy atom. The Morgan fingerprint density at radius 2 is 2.40 bits per heavy atom. The van der Waals surface area contributed by atoms with Crippen molar-refractivity contribution in [1.29, 1.82) is 0 Å². The van der Waals surface area contributed by atoms with Crippen LogP contribution in [0.3, 0.4) is 0 Å². The van der Waals surface area contributed by atoms with Crippen LogP contribution in [0.4, 0.5) is 5.69 Å². The molecule has 4 N–H and O–H groups in total. The number of nitrogens with two attached hydrogens (primary N) is 1. The van der Waals surface area contributed by atoms with Gasteiger partial charge in [0.15, 0.2) is 0 Å². The summed E-state index contributed by atoms with van der Waals surface area (Å²) in [6.45, 7) is 2.18. The first-order chi connectivity index (χ1) is 7.20. The van der Waals surface area contributed by atoms with Gasteiger partial charge in [-0.1, -0.05) is 6.07 Å². The normalized spacial score (nSPS) is 21.3. The van der Waals surface area contributed by atoms with E-state index in [9.17, 15) is 0 Å². The predicted octanol–water partition coefficient (Wildman–Crippen LogP) is 1.23. The second-order valence-electron chi connectivity index (χ2n) is 4.30. The van der Waals surface area contributed by atoms with E-state index in [0.717, 1.165) is 18.5 Å². The van der Waals surface area contributed by atoms with E-state index in [1.807, 2.05) is 13.0 Å². The van der Waals surface area contributed by atoms with Crippen LogP contribution in [0, 0.1) is 0 Å². The molecule has 1 aliphatic carbocycles. The number of hydrogen-bond acceptors (Lipinski definition) is 3. The predicted molar refractivity (Wildman–Crippen MR) is 61.6 cm³/mol. The third-order valence-electron chi connectivity index (χ3n) is 3.00. The van der Waals surface area contributed by atoms with E-state index in [-0.39, 0.29) is 12.6 Å². The van der Waals surface area contributed by atoms with Crippen molar-refractivity contribution in [1.82, 2.24) is 5.32 Å². The Bertz CT molecular complexity index is 351. The van der Waals surface area contributed by atoms with Gasteiger partial charge in [-0.2, -0.15) is 0 Å². The van der Waals surface area contributed by atoms with E-state index in [4.69, 9.17) is 10.8 Å². The first-order valence-electron chi connectivity index (χ1n) is 5.46. The standard InChI is InChI=1S/C12H18N2O/c1-8(7-15)14-12-5-2-9-6-10(13)3-4-11(9)12/h3-4,6,8,12,14-15H,2,5,7,13H2,1H3/t8-,12?/m1/s1. The Labute approximate surface area is 90.3 Å². The molecule has 0 heterocycles. The zero-order chi connectivity index (χ0) is 10.8. The number of benzene rings is 1. The molecule has 0 saturated heterocycles. The van der Waals surface area contributed by atoms with Crippen LogP contribution in [-0.4, -0.2) is 17.8 Å². The van der Waals surface area contributed by atoms with Crippen molar-refractivity contribution in [3.8, 4) is 0 Å². The third-order valence-corrected chi connectivity index (χ3v) is 3.00. The molecule has 0 aromatic heterocycles. The largest absolute Gasteiger partial charge is 0.399 e. The summed E-state index contributed by atoms with van der Waals surface area (Å²) in [4.78, 5) is 0. The summed E-state index contributed by atoms with van der Waals surface area (Å²) in [5.41, 5.74) is 9.26. The van der Waals surface area contributed by atoms with Gasteiger partial charge in [-0.15, -0.1) is 0 Å². The van der Waals surface area contributed by atoms with Crippen LogP contribution in [0.15, 0.2) is 18.2 Å². The second kappa shape index (κ2) is 4.21. The van der Waals surface area contributed by atoms with E-state index in [1.54, 1.807) is 0 Å². The minimum absolute atomic E-state index is 0.151. The van der Waals surface area contributed by atoms with Crippen molar-refractivity contribution in [3.63, 3.8) is 0 Å².